The summed E-state index contributed by atoms with van der Waals surface area (Å²) < 4.78 is 11.1. The van der Waals surface area contributed by atoms with Crippen molar-refractivity contribution in [3.05, 3.63) is 47.6 Å². The molecule has 1 aliphatic carbocycles. The van der Waals surface area contributed by atoms with Gasteiger partial charge in [0.05, 0.1) is 18.8 Å². The van der Waals surface area contributed by atoms with Crippen LogP contribution in [0.5, 0.6) is 0 Å². The molecule has 1 saturated heterocycles. The number of hydrogen-bond donors (Lipinski definition) is 0. The van der Waals surface area contributed by atoms with Crippen molar-refractivity contribution in [1.29, 1.82) is 0 Å². The van der Waals surface area contributed by atoms with Crippen molar-refractivity contribution in [2.24, 2.45) is 0 Å². The Balaban J connectivity index is 1.31. The largest absolute Gasteiger partial charge is 0.374 e. The summed E-state index contributed by atoms with van der Waals surface area (Å²) in [6.07, 6.45) is 5.06. The molecule has 0 unspecified atom stereocenters. The summed E-state index contributed by atoms with van der Waals surface area (Å²) in [5, 5.41) is 4.02. The van der Waals surface area contributed by atoms with Crippen molar-refractivity contribution >= 4 is 5.91 Å². The number of benzene rings is 1. The molecular weight excluding hydrogens is 318 g/mol. The first-order valence-corrected chi connectivity index (χ1v) is 9.06. The Labute approximate surface area is 147 Å². The summed E-state index contributed by atoms with van der Waals surface area (Å²) in [6, 6.07) is 10.3. The highest BCUT2D eigenvalue weighted by molar-refractivity contribution is 5.77. The Morgan fingerprint density at radius 1 is 1.24 bits per heavy atom. The number of rotatable bonds is 5. The van der Waals surface area contributed by atoms with E-state index in [9.17, 15) is 4.79 Å². The van der Waals surface area contributed by atoms with Crippen molar-refractivity contribution in [1.82, 2.24) is 15.0 Å². The zero-order chi connectivity index (χ0) is 17.1. The average Bonchev–Trinajstić information content (AvgIpc) is 3.29. The van der Waals surface area contributed by atoms with Crippen LogP contribution in [-0.4, -0.2) is 46.2 Å². The third-order valence-corrected chi connectivity index (χ3v) is 5.07. The van der Waals surface area contributed by atoms with Gasteiger partial charge in [-0.25, -0.2) is 0 Å². The molecule has 132 valence electrons. The number of aryl methyl sites for hydroxylation is 1. The van der Waals surface area contributed by atoms with E-state index < -0.39 is 0 Å². The first kappa shape index (κ1) is 16.3. The lowest BCUT2D eigenvalue weighted by atomic mass is 10.1. The van der Waals surface area contributed by atoms with E-state index in [4.69, 9.17) is 9.26 Å². The van der Waals surface area contributed by atoms with Gasteiger partial charge < -0.3 is 14.2 Å². The van der Waals surface area contributed by atoms with Gasteiger partial charge in [-0.05, 0) is 24.8 Å². The van der Waals surface area contributed by atoms with Crippen LogP contribution in [0.15, 0.2) is 34.9 Å². The van der Waals surface area contributed by atoms with Crippen LogP contribution in [0.1, 0.15) is 43.0 Å². The molecule has 4 rings (SSSR count). The van der Waals surface area contributed by atoms with E-state index in [0.717, 1.165) is 24.8 Å². The number of aromatic nitrogens is 2. The average molecular weight is 341 g/mol. The minimum absolute atomic E-state index is 0.169. The van der Waals surface area contributed by atoms with Gasteiger partial charge in [-0.15, -0.1) is 0 Å². The quantitative estimate of drug-likeness (QED) is 0.835. The van der Waals surface area contributed by atoms with Crippen LogP contribution < -0.4 is 0 Å². The monoisotopic (exact) mass is 341 g/mol. The van der Waals surface area contributed by atoms with Crippen LogP contribution in [0.25, 0.3) is 0 Å². The fourth-order valence-electron chi connectivity index (χ4n) is 3.83. The first-order valence-electron chi connectivity index (χ1n) is 9.06. The summed E-state index contributed by atoms with van der Waals surface area (Å²) in [4.78, 5) is 19.0. The zero-order valence-corrected chi connectivity index (χ0v) is 14.3. The van der Waals surface area contributed by atoms with Gasteiger partial charge in [0.15, 0.2) is 5.82 Å². The predicted octanol–water partition coefficient (Wildman–Crippen LogP) is 2.37. The summed E-state index contributed by atoms with van der Waals surface area (Å²) >= 11 is 0. The van der Waals surface area contributed by atoms with Crippen LogP contribution in [0.2, 0.25) is 0 Å². The van der Waals surface area contributed by atoms with Gasteiger partial charge in [-0.2, -0.15) is 4.98 Å². The lowest BCUT2D eigenvalue weighted by Crippen LogP contribution is -2.51. The highest BCUT2D eigenvalue weighted by atomic mass is 16.5. The van der Waals surface area contributed by atoms with Gasteiger partial charge in [0.1, 0.15) is 0 Å². The Kier molecular flexibility index (Phi) is 4.78. The third-order valence-electron chi connectivity index (χ3n) is 5.07. The van der Waals surface area contributed by atoms with Crippen LogP contribution in [-0.2, 0) is 22.4 Å². The normalized spacial score (nSPS) is 22.8. The minimum Gasteiger partial charge on any atom is -0.374 e. The third kappa shape index (κ3) is 3.74. The minimum atomic E-state index is 0.169. The molecule has 1 aromatic heterocycles. The van der Waals surface area contributed by atoms with Gasteiger partial charge in [0.2, 0.25) is 11.8 Å². The van der Waals surface area contributed by atoms with E-state index in [0.29, 0.717) is 44.1 Å². The topological polar surface area (TPSA) is 68.5 Å². The van der Waals surface area contributed by atoms with E-state index in [1.807, 2.05) is 35.2 Å². The summed E-state index contributed by atoms with van der Waals surface area (Å²) in [5.74, 6) is 1.37. The molecule has 25 heavy (non-hydrogen) atoms. The van der Waals surface area contributed by atoms with Crippen LogP contribution >= 0.6 is 0 Å². The Hall–Kier alpha value is -2.21. The zero-order valence-electron chi connectivity index (χ0n) is 14.3. The van der Waals surface area contributed by atoms with Crippen molar-refractivity contribution in [2.45, 2.75) is 50.7 Å². The second-order valence-electron chi connectivity index (χ2n) is 6.76. The van der Waals surface area contributed by atoms with E-state index in [-0.39, 0.29) is 18.1 Å². The van der Waals surface area contributed by atoms with E-state index >= 15 is 0 Å². The molecule has 6 heteroatoms. The fourth-order valence-corrected chi connectivity index (χ4v) is 3.83. The first-order chi connectivity index (χ1) is 12.3. The molecule has 1 aromatic carbocycles. The molecule has 2 fully saturated rings. The lowest BCUT2D eigenvalue weighted by molar-refractivity contribution is -0.144. The number of hydrogen-bond acceptors (Lipinski definition) is 5. The highest BCUT2D eigenvalue weighted by Gasteiger charge is 2.38. The number of carbonyl (C=O) groups is 1. The molecule has 1 amide bonds. The number of morpholine rings is 1. The molecule has 0 bridgehead atoms. The Morgan fingerprint density at radius 3 is 3.00 bits per heavy atom. The van der Waals surface area contributed by atoms with E-state index in [2.05, 4.69) is 10.1 Å². The van der Waals surface area contributed by atoms with Crippen molar-refractivity contribution in [3.63, 3.8) is 0 Å². The number of nitrogens with zero attached hydrogens (tertiary/aromatic N) is 3. The maximum atomic E-state index is 12.6. The van der Waals surface area contributed by atoms with Crippen molar-refractivity contribution in [2.75, 3.05) is 13.2 Å². The van der Waals surface area contributed by atoms with Gasteiger partial charge in [0.25, 0.3) is 0 Å². The summed E-state index contributed by atoms with van der Waals surface area (Å²) in [7, 11) is 0. The second kappa shape index (κ2) is 7.35. The molecule has 1 aliphatic heterocycles. The smallest absolute Gasteiger partial charge is 0.227 e. The predicted molar refractivity (Wildman–Crippen MR) is 91.0 cm³/mol. The van der Waals surface area contributed by atoms with Crippen LogP contribution in [0, 0.1) is 0 Å². The Morgan fingerprint density at radius 2 is 2.12 bits per heavy atom. The molecular formula is C19H23N3O3. The highest BCUT2D eigenvalue weighted by Crippen LogP contribution is 2.30. The van der Waals surface area contributed by atoms with Crippen molar-refractivity contribution < 1.29 is 14.1 Å². The summed E-state index contributed by atoms with van der Waals surface area (Å²) in [6.45, 7) is 1.35. The molecule has 0 spiro atoms. The molecule has 2 atom stereocenters. The Bertz CT molecular complexity index is 716. The molecule has 6 nitrogen and oxygen atoms in total. The van der Waals surface area contributed by atoms with Gasteiger partial charge in [0, 0.05) is 25.8 Å². The van der Waals surface area contributed by atoms with E-state index in [1.165, 1.54) is 0 Å². The lowest BCUT2D eigenvalue weighted by Gasteiger charge is -2.37. The SMILES string of the molecule is O=C(CCc1nc(Cc2ccccc2)no1)N1CCO[C@H]2CCC[C@H]21. The fraction of sp³-hybridized carbons (Fsp3) is 0.526. The molecule has 2 heterocycles. The maximum Gasteiger partial charge on any atom is 0.227 e. The van der Waals surface area contributed by atoms with Gasteiger partial charge in [-0.3, -0.25) is 4.79 Å². The van der Waals surface area contributed by atoms with E-state index in [1.54, 1.807) is 0 Å². The van der Waals surface area contributed by atoms with Crippen LogP contribution in [0.4, 0.5) is 0 Å². The second-order valence-corrected chi connectivity index (χ2v) is 6.76. The molecule has 2 aromatic rings. The molecule has 0 N–H and O–H groups in total. The summed E-state index contributed by atoms with van der Waals surface area (Å²) in [5.41, 5.74) is 1.14. The molecule has 2 aliphatic rings. The number of ether oxygens (including phenoxy) is 1. The molecule has 1 saturated carbocycles. The standard InChI is InChI=1S/C19H23N3O3/c23-19(22-11-12-24-16-8-4-7-15(16)22)10-9-18-20-17(21-25-18)13-14-5-2-1-3-6-14/h1-3,5-6,15-16H,4,7-13H2/t15-,16+/m1/s1. The number of amides is 1. The number of carbonyl (C=O) groups excluding carboxylic acids is 1. The van der Waals surface area contributed by atoms with Crippen molar-refractivity contribution in [3.8, 4) is 0 Å². The maximum absolute atomic E-state index is 12.6. The van der Waals surface area contributed by atoms with Crippen LogP contribution in [0.3, 0.4) is 0 Å². The number of fused-ring (bicyclic) bond motifs is 1. The molecule has 0 radical (unpaired) electrons. The van der Waals surface area contributed by atoms with Gasteiger partial charge in [-0.1, -0.05) is 35.5 Å². The van der Waals surface area contributed by atoms with Gasteiger partial charge >= 0.3 is 0 Å².